The Bertz CT molecular complexity index is 1610. The second-order valence-electron chi connectivity index (χ2n) is 11.3. The number of carbonyl (C=O) groups is 2. The highest BCUT2D eigenvalue weighted by Crippen LogP contribution is 2.69. The maximum Gasteiger partial charge on any atom is 0.314 e. The molecule has 1 N–H and O–H groups in total. The predicted octanol–water partition coefficient (Wildman–Crippen LogP) is 5.48. The minimum absolute atomic E-state index is 0.0314. The van der Waals surface area contributed by atoms with E-state index >= 15 is 0 Å². The van der Waals surface area contributed by atoms with Crippen molar-refractivity contribution in [3.05, 3.63) is 108 Å². The number of nitrogens with zero attached hydrogens (tertiary/aromatic N) is 1. The maximum absolute atomic E-state index is 14.0. The molecule has 41 heavy (non-hydrogen) atoms. The number of anilines is 1. The molecule has 8 rings (SSSR count). The monoisotopic (exact) mass is 548 g/mol. The summed E-state index contributed by atoms with van der Waals surface area (Å²) in [6, 6.07) is 22.3. The van der Waals surface area contributed by atoms with Crippen molar-refractivity contribution in [1.29, 1.82) is 0 Å². The second-order valence-corrected chi connectivity index (χ2v) is 11.3. The zero-order valence-corrected chi connectivity index (χ0v) is 23.1. The minimum Gasteiger partial charge on any atom is -0.496 e. The van der Waals surface area contributed by atoms with E-state index in [9.17, 15) is 9.59 Å². The number of rotatable bonds is 5. The number of ether oxygens (including phenoxy) is 3. The van der Waals surface area contributed by atoms with Crippen LogP contribution in [0.2, 0.25) is 0 Å². The van der Waals surface area contributed by atoms with E-state index in [1.807, 2.05) is 41.3 Å². The van der Waals surface area contributed by atoms with E-state index < -0.39 is 10.8 Å². The lowest BCUT2D eigenvalue weighted by molar-refractivity contribution is -0.161. The van der Waals surface area contributed by atoms with E-state index in [1.165, 1.54) is 18.2 Å². The molecule has 3 aromatic carbocycles. The lowest BCUT2D eigenvalue weighted by atomic mass is 9.42. The Hall–Kier alpha value is -4.52. The van der Waals surface area contributed by atoms with Gasteiger partial charge < -0.3 is 24.4 Å². The van der Waals surface area contributed by atoms with Crippen molar-refractivity contribution in [3.8, 4) is 11.5 Å². The number of fused-ring (bicyclic) bond motifs is 2. The lowest BCUT2D eigenvalue weighted by Crippen LogP contribution is -2.60. The van der Waals surface area contributed by atoms with Crippen molar-refractivity contribution in [2.24, 2.45) is 11.3 Å². The summed E-state index contributed by atoms with van der Waals surface area (Å²) in [7, 11) is 3.08. The highest BCUT2D eigenvalue weighted by Gasteiger charge is 2.71. The molecule has 4 atom stereocenters. The van der Waals surface area contributed by atoms with E-state index in [0.29, 0.717) is 18.8 Å². The number of likely N-dealkylation sites (tertiary alicyclic amines) is 1. The fraction of sp³-hybridized carbons (Fsp3) is 0.294. The Morgan fingerprint density at radius 1 is 1.07 bits per heavy atom. The molecule has 7 heteroatoms. The van der Waals surface area contributed by atoms with Gasteiger partial charge in [-0.2, -0.15) is 0 Å². The van der Waals surface area contributed by atoms with Gasteiger partial charge in [-0.1, -0.05) is 48.5 Å². The van der Waals surface area contributed by atoms with Gasteiger partial charge in [-0.15, -0.1) is 0 Å². The van der Waals surface area contributed by atoms with E-state index in [0.717, 1.165) is 35.4 Å². The van der Waals surface area contributed by atoms with Crippen LogP contribution in [0.3, 0.4) is 0 Å². The number of hydrogen-bond donors (Lipinski definition) is 1. The zero-order valence-electron chi connectivity index (χ0n) is 23.1. The zero-order chi connectivity index (χ0) is 28.2. The fourth-order valence-corrected chi connectivity index (χ4v) is 8.12. The molecule has 2 aliphatic heterocycles. The molecule has 2 fully saturated rings. The quantitative estimate of drug-likeness (QED) is 0.336. The average molecular weight is 549 g/mol. The summed E-state index contributed by atoms with van der Waals surface area (Å²) in [5, 5.41) is 3.31. The van der Waals surface area contributed by atoms with Crippen LogP contribution >= 0.6 is 0 Å². The van der Waals surface area contributed by atoms with Crippen LogP contribution in [0, 0.1) is 11.3 Å². The molecule has 1 amide bonds. The van der Waals surface area contributed by atoms with Crippen LogP contribution < -0.4 is 14.8 Å². The number of methoxy groups -OCH3 is 2. The first-order valence-electron chi connectivity index (χ1n) is 14.0. The van der Waals surface area contributed by atoms with Crippen molar-refractivity contribution in [2.45, 2.75) is 24.2 Å². The van der Waals surface area contributed by atoms with Crippen LogP contribution in [0.5, 0.6) is 11.5 Å². The molecule has 1 saturated heterocycles. The summed E-state index contributed by atoms with van der Waals surface area (Å²) in [6.07, 6.45) is 8.50. The van der Waals surface area contributed by atoms with Gasteiger partial charge in [0, 0.05) is 48.2 Å². The van der Waals surface area contributed by atoms with Crippen LogP contribution in [0.15, 0.2) is 85.3 Å². The first-order chi connectivity index (χ1) is 20.0. The molecule has 1 saturated carbocycles. The molecule has 3 aliphatic carbocycles. The van der Waals surface area contributed by atoms with Gasteiger partial charge in [0.15, 0.2) is 0 Å². The molecule has 3 aromatic rings. The molecule has 0 unspecified atom stereocenters. The fourth-order valence-electron chi connectivity index (χ4n) is 8.12. The summed E-state index contributed by atoms with van der Waals surface area (Å²) in [5.74, 6) is 0.906. The first kappa shape index (κ1) is 25.4. The smallest absolute Gasteiger partial charge is 0.314 e. The minimum atomic E-state index is -0.852. The number of hydrogen-bond acceptors (Lipinski definition) is 6. The van der Waals surface area contributed by atoms with Crippen LogP contribution in [-0.2, 0) is 19.7 Å². The average Bonchev–Trinajstić information content (AvgIpc) is 3.47. The number of nitrogens with one attached hydrogen (secondary N) is 1. The molecule has 0 spiro atoms. The van der Waals surface area contributed by atoms with Crippen LogP contribution in [0.1, 0.15) is 41.0 Å². The maximum atomic E-state index is 14.0. The van der Waals surface area contributed by atoms with Gasteiger partial charge in [0.1, 0.15) is 17.8 Å². The molecule has 2 heterocycles. The Morgan fingerprint density at radius 3 is 2.76 bits per heavy atom. The third-order valence-electron chi connectivity index (χ3n) is 9.76. The Morgan fingerprint density at radius 2 is 1.90 bits per heavy atom. The summed E-state index contributed by atoms with van der Waals surface area (Å²) in [4.78, 5) is 29.6. The lowest BCUT2D eigenvalue weighted by Gasteiger charge is -2.59. The molecule has 5 aliphatic rings. The van der Waals surface area contributed by atoms with Gasteiger partial charge >= 0.3 is 5.97 Å². The topological polar surface area (TPSA) is 77.1 Å². The third kappa shape index (κ3) is 3.57. The van der Waals surface area contributed by atoms with Gasteiger partial charge in [0.05, 0.1) is 25.3 Å². The highest BCUT2D eigenvalue weighted by atomic mass is 16.5. The van der Waals surface area contributed by atoms with Crippen molar-refractivity contribution in [1.82, 2.24) is 4.90 Å². The van der Waals surface area contributed by atoms with Crippen LogP contribution in [-0.4, -0.2) is 44.1 Å². The summed E-state index contributed by atoms with van der Waals surface area (Å²) in [5.41, 5.74) is 3.93. The van der Waals surface area contributed by atoms with Crippen molar-refractivity contribution < 1.29 is 23.8 Å². The summed E-state index contributed by atoms with van der Waals surface area (Å²) < 4.78 is 16.7. The Kier molecular flexibility index (Phi) is 5.92. The molecule has 0 radical (unpaired) electrons. The van der Waals surface area contributed by atoms with Gasteiger partial charge in [-0.3, -0.25) is 9.59 Å². The molecular formula is C34H32N2O5. The normalized spacial score (nSPS) is 26.9. The number of para-hydroxylation sites is 1. The summed E-state index contributed by atoms with van der Waals surface area (Å²) in [6.45, 7) is 0.769. The molecule has 7 nitrogen and oxygen atoms in total. The van der Waals surface area contributed by atoms with Crippen molar-refractivity contribution >= 4 is 23.6 Å². The van der Waals surface area contributed by atoms with Crippen molar-refractivity contribution in [2.75, 3.05) is 32.6 Å². The van der Waals surface area contributed by atoms with E-state index in [4.69, 9.17) is 14.2 Å². The van der Waals surface area contributed by atoms with E-state index in [1.54, 1.807) is 31.7 Å². The van der Waals surface area contributed by atoms with Crippen molar-refractivity contribution in [3.63, 3.8) is 0 Å². The van der Waals surface area contributed by atoms with Gasteiger partial charge in [0.2, 0.25) is 5.91 Å². The first-order valence-corrected chi connectivity index (χ1v) is 14.0. The highest BCUT2D eigenvalue weighted by molar-refractivity contribution is 5.94. The summed E-state index contributed by atoms with van der Waals surface area (Å²) >= 11 is 0. The van der Waals surface area contributed by atoms with E-state index in [-0.39, 0.29) is 23.7 Å². The van der Waals surface area contributed by atoms with Gasteiger partial charge in [-0.25, -0.2) is 0 Å². The Balaban J connectivity index is 1.35. The molecule has 2 bridgehead atoms. The second kappa shape index (κ2) is 9.54. The number of esters is 1. The van der Waals surface area contributed by atoms with Gasteiger partial charge in [-0.05, 0) is 53.8 Å². The largest absolute Gasteiger partial charge is 0.496 e. The molecule has 208 valence electrons. The SMILES string of the molecule is COC(=O)[C@]12CN(C(=O)/C=C/c3ccccc3OC)C[C@H]1[C@]1(c3ccc4c(c3)NC=CO4)CC[C@H]2c2ccccc21. The predicted molar refractivity (Wildman–Crippen MR) is 156 cm³/mol. The Labute approximate surface area is 239 Å². The standard InChI is InChI=1S/C34H32N2O5/c1-39-28-10-6-3-7-22(28)11-14-31(37)36-20-30-33(23-12-13-29-27(19-23)35-17-18-41-29)16-15-26(24-8-4-5-9-25(24)33)34(30,21-36)32(38)40-2/h3-14,17-19,26,30,35H,15-16,20-21H2,1-2H3/b14-11+/t26-,30-,33-,34-/m0/s1. The van der Waals surface area contributed by atoms with E-state index in [2.05, 4.69) is 35.6 Å². The number of amides is 1. The number of carbonyl (C=O) groups excluding carboxylic acids is 2. The van der Waals surface area contributed by atoms with Crippen LogP contribution in [0.4, 0.5) is 5.69 Å². The molecule has 0 aromatic heterocycles. The third-order valence-corrected chi connectivity index (χ3v) is 9.76. The van der Waals surface area contributed by atoms with Crippen LogP contribution in [0.25, 0.3) is 6.08 Å². The molecular weight excluding hydrogens is 516 g/mol. The number of benzene rings is 3. The van der Waals surface area contributed by atoms with Gasteiger partial charge in [0.25, 0.3) is 0 Å².